The number of anilines is 3. The SMILES string of the molecule is CC(C)CCOC(=O)CSc1ccc(Nc2nc(N)c(C(=O)c3c(Cl)cccc3Cl)s2)cc1. The Labute approximate surface area is 210 Å². The molecule has 2 aromatic carbocycles. The number of nitrogens with zero attached hydrogens (tertiary/aromatic N) is 1. The lowest BCUT2D eigenvalue weighted by Gasteiger charge is -2.07. The number of carbonyl (C=O) groups excluding carboxylic acids is 2. The van der Waals surface area contributed by atoms with Gasteiger partial charge >= 0.3 is 5.97 Å². The number of nitrogens with two attached hydrogens (primary N) is 1. The van der Waals surface area contributed by atoms with Gasteiger partial charge in [-0.1, -0.05) is 54.5 Å². The van der Waals surface area contributed by atoms with Crippen LogP contribution in [0.25, 0.3) is 0 Å². The molecule has 0 aliphatic rings. The van der Waals surface area contributed by atoms with Gasteiger partial charge in [0.2, 0.25) is 5.78 Å². The molecular formula is C23H23Cl2N3O3S2. The molecule has 3 rings (SSSR count). The lowest BCUT2D eigenvalue weighted by Crippen LogP contribution is -2.09. The summed E-state index contributed by atoms with van der Waals surface area (Å²) in [6, 6.07) is 12.4. The summed E-state index contributed by atoms with van der Waals surface area (Å²) in [5, 5.41) is 4.12. The molecule has 0 spiro atoms. The van der Waals surface area contributed by atoms with E-state index in [1.54, 1.807) is 18.2 Å². The van der Waals surface area contributed by atoms with Crippen LogP contribution in [0, 0.1) is 5.92 Å². The fourth-order valence-electron chi connectivity index (χ4n) is 2.73. The number of hydrogen-bond donors (Lipinski definition) is 2. The zero-order valence-electron chi connectivity index (χ0n) is 18.1. The molecule has 0 saturated heterocycles. The Morgan fingerprint density at radius 3 is 2.45 bits per heavy atom. The highest BCUT2D eigenvalue weighted by Crippen LogP contribution is 2.34. The fraction of sp³-hybridized carbons (Fsp3) is 0.261. The van der Waals surface area contributed by atoms with Crippen molar-refractivity contribution in [3.63, 3.8) is 0 Å². The summed E-state index contributed by atoms with van der Waals surface area (Å²) >= 11 is 14.8. The summed E-state index contributed by atoms with van der Waals surface area (Å²) in [5.41, 5.74) is 6.95. The first-order valence-corrected chi connectivity index (χ1v) is 12.7. The molecule has 3 aromatic rings. The second-order valence-electron chi connectivity index (χ2n) is 7.50. The number of benzene rings is 2. The first-order valence-electron chi connectivity index (χ1n) is 10.1. The summed E-state index contributed by atoms with van der Waals surface area (Å²) in [6.07, 6.45) is 0.858. The van der Waals surface area contributed by atoms with Crippen LogP contribution in [0.3, 0.4) is 0 Å². The van der Waals surface area contributed by atoms with Crippen molar-refractivity contribution in [1.82, 2.24) is 4.98 Å². The summed E-state index contributed by atoms with van der Waals surface area (Å²) in [5.74, 6) is 0.260. The number of aromatic nitrogens is 1. The number of rotatable bonds is 10. The molecule has 0 radical (unpaired) electrons. The van der Waals surface area contributed by atoms with E-state index in [1.807, 2.05) is 24.3 Å². The number of ketones is 1. The molecule has 174 valence electrons. The van der Waals surface area contributed by atoms with Crippen LogP contribution < -0.4 is 11.1 Å². The largest absolute Gasteiger partial charge is 0.465 e. The third-order valence-corrected chi connectivity index (χ3v) is 7.07. The van der Waals surface area contributed by atoms with E-state index in [-0.39, 0.29) is 43.8 Å². The summed E-state index contributed by atoms with van der Waals surface area (Å²) in [6.45, 7) is 4.63. The molecule has 0 unspecified atom stereocenters. The number of thioether (sulfide) groups is 1. The lowest BCUT2D eigenvalue weighted by molar-refractivity contribution is -0.140. The van der Waals surface area contributed by atoms with E-state index < -0.39 is 0 Å². The number of ether oxygens (including phenoxy) is 1. The molecule has 0 bridgehead atoms. The highest BCUT2D eigenvalue weighted by Gasteiger charge is 2.22. The standard InChI is InChI=1S/C23H23Cl2N3O3S2/c1-13(2)10-11-31-18(29)12-32-15-8-6-14(7-9-15)27-23-28-22(26)21(33-23)20(30)19-16(24)4-3-5-17(19)25/h3-9,13H,10-12,26H2,1-2H3,(H,27,28). The maximum absolute atomic E-state index is 12.9. The van der Waals surface area contributed by atoms with Crippen molar-refractivity contribution in [2.45, 2.75) is 25.2 Å². The zero-order valence-corrected chi connectivity index (χ0v) is 21.2. The van der Waals surface area contributed by atoms with Crippen molar-refractivity contribution in [3.8, 4) is 0 Å². The highest BCUT2D eigenvalue weighted by molar-refractivity contribution is 8.00. The van der Waals surface area contributed by atoms with Gasteiger partial charge in [-0.15, -0.1) is 11.8 Å². The highest BCUT2D eigenvalue weighted by atomic mass is 35.5. The second kappa shape index (κ2) is 11.7. The molecule has 0 aliphatic heterocycles. The van der Waals surface area contributed by atoms with Gasteiger partial charge in [0.05, 0.1) is 28.0 Å². The molecule has 6 nitrogen and oxygen atoms in total. The van der Waals surface area contributed by atoms with Crippen molar-refractivity contribution < 1.29 is 14.3 Å². The van der Waals surface area contributed by atoms with Crippen molar-refractivity contribution in [1.29, 1.82) is 0 Å². The number of nitrogen functional groups attached to an aromatic ring is 1. The van der Waals surface area contributed by atoms with Gasteiger partial charge in [0, 0.05) is 10.6 Å². The third kappa shape index (κ3) is 7.11. The van der Waals surface area contributed by atoms with Gasteiger partial charge in [-0.3, -0.25) is 9.59 Å². The number of hydrogen-bond acceptors (Lipinski definition) is 8. The van der Waals surface area contributed by atoms with Gasteiger partial charge in [0.15, 0.2) is 5.13 Å². The molecule has 33 heavy (non-hydrogen) atoms. The number of halogens is 2. The van der Waals surface area contributed by atoms with Gasteiger partial charge in [0.1, 0.15) is 10.7 Å². The van der Waals surface area contributed by atoms with Gasteiger partial charge < -0.3 is 15.8 Å². The first-order chi connectivity index (χ1) is 15.7. The van der Waals surface area contributed by atoms with E-state index in [9.17, 15) is 9.59 Å². The Balaban J connectivity index is 1.60. The molecule has 0 saturated carbocycles. The zero-order chi connectivity index (χ0) is 24.0. The normalized spacial score (nSPS) is 10.9. The minimum atomic E-state index is -0.374. The molecule has 0 amide bonds. The van der Waals surface area contributed by atoms with Crippen LogP contribution in [0.4, 0.5) is 16.6 Å². The van der Waals surface area contributed by atoms with Crippen LogP contribution in [-0.4, -0.2) is 29.1 Å². The molecule has 0 atom stereocenters. The van der Waals surface area contributed by atoms with Crippen LogP contribution in [0.1, 0.15) is 35.5 Å². The van der Waals surface area contributed by atoms with E-state index in [2.05, 4.69) is 24.1 Å². The van der Waals surface area contributed by atoms with Crippen LogP contribution in [0.2, 0.25) is 10.0 Å². The number of thiazole rings is 1. The number of nitrogens with one attached hydrogen (secondary N) is 1. The van der Waals surface area contributed by atoms with Crippen molar-refractivity contribution in [2.75, 3.05) is 23.4 Å². The van der Waals surface area contributed by atoms with Crippen molar-refractivity contribution in [3.05, 3.63) is 63.0 Å². The van der Waals surface area contributed by atoms with E-state index in [4.69, 9.17) is 33.7 Å². The third-order valence-electron chi connectivity index (χ3n) is 4.47. The van der Waals surface area contributed by atoms with E-state index in [1.165, 1.54) is 11.8 Å². The number of carbonyl (C=O) groups is 2. The fourth-order valence-corrected chi connectivity index (χ4v) is 4.84. The molecule has 0 aliphatic carbocycles. The quantitative estimate of drug-likeness (QED) is 0.173. The smallest absolute Gasteiger partial charge is 0.316 e. The maximum atomic E-state index is 12.9. The van der Waals surface area contributed by atoms with Crippen molar-refractivity contribution in [2.24, 2.45) is 5.92 Å². The minimum absolute atomic E-state index is 0.103. The van der Waals surface area contributed by atoms with Gasteiger partial charge in [-0.25, -0.2) is 4.98 Å². The Hall–Kier alpha value is -2.26. The summed E-state index contributed by atoms with van der Waals surface area (Å²) < 4.78 is 5.22. The summed E-state index contributed by atoms with van der Waals surface area (Å²) in [4.78, 5) is 30.2. The predicted octanol–water partition coefficient (Wildman–Crippen LogP) is 6.69. The molecule has 1 aromatic heterocycles. The average Bonchev–Trinajstić information content (AvgIpc) is 3.12. The number of esters is 1. The Kier molecular flexibility index (Phi) is 9.02. The van der Waals surface area contributed by atoms with E-state index >= 15 is 0 Å². The van der Waals surface area contributed by atoms with Crippen LogP contribution >= 0.6 is 46.3 Å². The minimum Gasteiger partial charge on any atom is -0.465 e. The van der Waals surface area contributed by atoms with Crippen LogP contribution in [-0.2, 0) is 9.53 Å². The average molecular weight is 524 g/mol. The molecule has 10 heteroatoms. The maximum Gasteiger partial charge on any atom is 0.316 e. The van der Waals surface area contributed by atoms with E-state index in [0.717, 1.165) is 28.3 Å². The topological polar surface area (TPSA) is 94.3 Å². The van der Waals surface area contributed by atoms with Gasteiger partial charge in [-0.2, -0.15) is 0 Å². The lowest BCUT2D eigenvalue weighted by atomic mass is 10.1. The molecule has 0 fully saturated rings. The predicted molar refractivity (Wildman–Crippen MR) is 137 cm³/mol. The Bertz CT molecular complexity index is 1110. The van der Waals surface area contributed by atoms with Crippen LogP contribution in [0.15, 0.2) is 47.4 Å². The van der Waals surface area contributed by atoms with Gasteiger partial charge in [-0.05, 0) is 48.7 Å². The van der Waals surface area contributed by atoms with Gasteiger partial charge in [0.25, 0.3) is 0 Å². The molecular weight excluding hydrogens is 501 g/mol. The monoisotopic (exact) mass is 523 g/mol. The van der Waals surface area contributed by atoms with E-state index in [0.29, 0.717) is 17.7 Å². The van der Waals surface area contributed by atoms with Crippen molar-refractivity contribution >= 4 is 74.7 Å². The van der Waals surface area contributed by atoms with Crippen LogP contribution in [0.5, 0.6) is 0 Å². The first kappa shape index (κ1) is 25.4. The Morgan fingerprint density at radius 2 is 1.82 bits per heavy atom. The Morgan fingerprint density at radius 1 is 1.15 bits per heavy atom. The second-order valence-corrected chi connectivity index (χ2v) is 10.4. The molecule has 1 heterocycles. The molecule has 3 N–H and O–H groups in total. The summed E-state index contributed by atoms with van der Waals surface area (Å²) in [7, 11) is 0.